The summed E-state index contributed by atoms with van der Waals surface area (Å²) in [6.45, 7) is 0.148. The maximum Gasteiger partial charge on any atom is 0.186 e. The van der Waals surface area contributed by atoms with Crippen LogP contribution in [0, 0.1) is 0 Å². The van der Waals surface area contributed by atoms with E-state index >= 15 is 0 Å². The molecular weight excluding hydrogens is 352 g/mol. The van der Waals surface area contributed by atoms with E-state index in [-0.39, 0.29) is 13.4 Å². The molecule has 1 aromatic carbocycles. The fourth-order valence-electron chi connectivity index (χ4n) is 3.09. The fourth-order valence-corrected chi connectivity index (χ4v) is 3.45. The molecule has 2 heterocycles. The molecule has 0 bridgehead atoms. The van der Waals surface area contributed by atoms with Crippen LogP contribution in [0.2, 0.25) is 0 Å². The molecule has 0 aliphatic carbocycles. The van der Waals surface area contributed by atoms with Crippen LogP contribution in [0.4, 0.5) is 0 Å². The summed E-state index contributed by atoms with van der Waals surface area (Å²) in [4.78, 5) is 10.4. The Balaban J connectivity index is 1.86. The van der Waals surface area contributed by atoms with Gasteiger partial charge in [-0.3, -0.25) is 0 Å². The van der Waals surface area contributed by atoms with Crippen molar-refractivity contribution in [3.05, 3.63) is 35.9 Å². The maximum atomic E-state index is 11.9. The van der Waals surface area contributed by atoms with Gasteiger partial charge in [-0.25, -0.2) is 0 Å². The number of benzene rings is 1. The van der Waals surface area contributed by atoms with Gasteiger partial charge in [0, 0.05) is 19.8 Å². The van der Waals surface area contributed by atoms with Gasteiger partial charge in [0.05, 0.1) is 6.61 Å². The monoisotopic (exact) mass is 372 g/mol. The second-order valence-corrected chi connectivity index (χ2v) is 6.50. The highest BCUT2D eigenvalue weighted by molar-refractivity contribution is 6.33. The van der Waals surface area contributed by atoms with Crippen molar-refractivity contribution in [1.29, 1.82) is 0 Å². The lowest BCUT2D eigenvalue weighted by molar-refractivity contribution is -0.347. The maximum absolute atomic E-state index is 11.9. The van der Waals surface area contributed by atoms with Crippen LogP contribution < -0.4 is 0 Å². The van der Waals surface area contributed by atoms with Crippen molar-refractivity contribution in [1.82, 2.24) is 0 Å². The number of carbonyl (C=O) groups excluding carboxylic acids is 1. The van der Waals surface area contributed by atoms with Gasteiger partial charge in [-0.2, -0.15) is 0 Å². The van der Waals surface area contributed by atoms with E-state index in [9.17, 15) is 4.79 Å². The highest BCUT2D eigenvalue weighted by Gasteiger charge is 2.60. The quantitative estimate of drug-likeness (QED) is 0.427. The molecular formula is C17H21ClO7. The first-order valence-corrected chi connectivity index (χ1v) is 8.28. The van der Waals surface area contributed by atoms with E-state index < -0.39 is 35.8 Å². The van der Waals surface area contributed by atoms with Crippen molar-refractivity contribution in [2.45, 2.75) is 35.8 Å². The van der Waals surface area contributed by atoms with E-state index in [0.29, 0.717) is 6.29 Å². The Bertz CT molecular complexity index is 571. The van der Waals surface area contributed by atoms with E-state index in [1.54, 1.807) is 0 Å². The highest BCUT2D eigenvalue weighted by Crippen LogP contribution is 2.43. The van der Waals surface area contributed by atoms with Crippen LogP contribution in [0.25, 0.3) is 0 Å². The third-order valence-electron chi connectivity index (χ3n) is 4.30. The molecule has 0 amide bonds. The Morgan fingerprint density at radius 3 is 2.68 bits per heavy atom. The Morgan fingerprint density at radius 2 is 2.04 bits per heavy atom. The lowest BCUT2D eigenvalue weighted by Crippen LogP contribution is -2.68. The molecule has 1 aromatic rings. The van der Waals surface area contributed by atoms with Crippen molar-refractivity contribution in [2.24, 2.45) is 0 Å². The number of carbonyl (C=O) groups is 1. The summed E-state index contributed by atoms with van der Waals surface area (Å²) in [5.41, 5.74) is 0.828. The minimum atomic E-state index is -1.50. The molecule has 2 aliphatic heterocycles. The number of rotatable bonds is 6. The van der Waals surface area contributed by atoms with E-state index in [1.165, 1.54) is 14.2 Å². The molecule has 0 saturated carbocycles. The van der Waals surface area contributed by atoms with Crippen molar-refractivity contribution in [3.8, 4) is 0 Å². The second kappa shape index (κ2) is 8.09. The summed E-state index contributed by atoms with van der Waals surface area (Å²) in [7, 11) is 2.93. The first-order chi connectivity index (χ1) is 12.1. The minimum absolute atomic E-state index is 0.0633. The molecule has 8 heteroatoms. The number of ether oxygens (including phenoxy) is 6. The predicted octanol–water partition coefficient (Wildman–Crippen LogP) is 1.64. The van der Waals surface area contributed by atoms with E-state index in [0.717, 1.165) is 5.56 Å². The molecule has 138 valence electrons. The average Bonchev–Trinajstić information content (AvgIpc) is 2.67. The zero-order chi connectivity index (χ0) is 17.9. The summed E-state index contributed by atoms with van der Waals surface area (Å²) in [5.74, 6) is 0. The summed E-state index contributed by atoms with van der Waals surface area (Å²) >= 11 is 6.67. The van der Waals surface area contributed by atoms with Gasteiger partial charge in [-0.15, -0.1) is 11.6 Å². The Hall–Kier alpha value is -1.06. The SMILES string of the molecule is COCO[C@H]1[C@@H](OC)O[C@@H]2COC(c3ccccc3)O[C@H]2[C@@]1(Cl)C=O. The molecule has 0 radical (unpaired) electrons. The zero-order valence-electron chi connectivity index (χ0n) is 14.0. The van der Waals surface area contributed by atoms with Crippen LogP contribution in [-0.2, 0) is 33.2 Å². The number of fused-ring (bicyclic) bond motifs is 1. The van der Waals surface area contributed by atoms with Crippen LogP contribution in [-0.4, -0.2) is 63.4 Å². The van der Waals surface area contributed by atoms with Crippen LogP contribution in [0.1, 0.15) is 11.9 Å². The lowest BCUT2D eigenvalue weighted by atomic mass is 9.88. The number of aldehydes is 1. The van der Waals surface area contributed by atoms with Gasteiger partial charge in [0.2, 0.25) is 0 Å². The van der Waals surface area contributed by atoms with Crippen LogP contribution >= 0.6 is 11.6 Å². The summed E-state index contributed by atoms with van der Waals surface area (Å²) in [5, 5.41) is 0. The number of hydrogen-bond acceptors (Lipinski definition) is 7. The Morgan fingerprint density at radius 1 is 1.28 bits per heavy atom. The summed E-state index contributed by atoms with van der Waals surface area (Å²) < 4.78 is 33.4. The molecule has 25 heavy (non-hydrogen) atoms. The topological polar surface area (TPSA) is 72.5 Å². The summed E-state index contributed by atoms with van der Waals surface area (Å²) in [6, 6.07) is 9.41. The number of alkyl halides is 1. The van der Waals surface area contributed by atoms with Crippen molar-refractivity contribution in [2.75, 3.05) is 27.6 Å². The smallest absolute Gasteiger partial charge is 0.186 e. The van der Waals surface area contributed by atoms with Gasteiger partial charge in [-0.1, -0.05) is 30.3 Å². The molecule has 1 unspecified atom stereocenters. The van der Waals surface area contributed by atoms with Crippen molar-refractivity contribution in [3.63, 3.8) is 0 Å². The molecule has 0 aromatic heterocycles. The standard InChI is InChI=1S/C17H21ClO7/c1-20-10-23-14-16(21-2)24-12-8-22-15(11-6-4-3-5-7-11)25-13(12)17(14,18)9-19/h3-7,9,12-16H,8,10H2,1-2H3/t12-,13-,14+,15?,16+,17+/m1/s1. The van der Waals surface area contributed by atoms with Gasteiger partial charge in [0.1, 0.15) is 31.4 Å². The zero-order valence-corrected chi connectivity index (χ0v) is 14.8. The predicted molar refractivity (Wildman–Crippen MR) is 87.1 cm³/mol. The normalized spacial score (nSPS) is 38.1. The first kappa shape index (κ1) is 18.7. The molecule has 2 aliphatic rings. The van der Waals surface area contributed by atoms with Gasteiger partial charge in [0.25, 0.3) is 0 Å². The first-order valence-electron chi connectivity index (χ1n) is 7.90. The third-order valence-corrected chi connectivity index (χ3v) is 4.82. The van der Waals surface area contributed by atoms with E-state index in [4.69, 9.17) is 40.0 Å². The van der Waals surface area contributed by atoms with E-state index in [2.05, 4.69) is 0 Å². The van der Waals surface area contributed by atoms with Crippen LogP contribution in [0.3, 0.4) is 0 Å². The molecule has 2 fully saturated rings. The Kier molecular flexibility index (Phi) is 6.06. The van der Waals surface area contributed by atoms with Gasteiger partial charge in [0.15, 0.2) is 17.5 Å². The molecule has 0 spiro atoms. The second-order valence-electron chi connectivity index (χ2n) is 5.85. The molecule has 6 atom stereocenters. The van der Waals surface area contributed by atoms with Gasteiger partial charge in [-0.05, 0) is 0 Å². The van der Waals surface area contributed by atoms with Gasteiger partial charge < -0.3 is 33.2 Å². The molecule has 7 nitrogen and oxygen atoms in total. The molecule has 2 saturated heterocycles. The number of hydrogen-bond donors (Lipinski definition) is 0. The van der Waals surface area contributed by atoms with E-state index in [1.807, 2.05) is 30.3 Å². The van der Waals surface area contributed by atoms with Gasteiger partial charge >= 0.3 is 0 Å². The highest BCUT2D eigenvalue weighted by atomic mass is 35.5. The third kappa shape index (κ3) is 3.59. The number of halogens is 1. The van der Waals surface area contributed by atoms with Crippen molar-refractivity contribution >= 4 is 17.9 Å². The fraction of sp³-hybridized carbons (Fsp3) is 0.588. The minimum Gasteiger partial charge on any atom is -0.359 e. The van der Waals surface area contributed by atoms with Crippen molar-refractivity contribution < 1.29 is 33.2 Å². The molecule has 3 rings (SSSR count). The lowest BCUT2D eigenvalue weighted by Gasteiger charge is -2.50. The van der Waals surface area contributed by atoms with Crippen LogP contribution in [0.5, 0.6) is 0 Å². The Labute approximate surface area is 151 Å². The van der Waals surface area contributed by atoms with Crippen LogP contribution in [0.15, 0.2) is 30.3 Å². The average molecular weight is 373 g/mol. The summed E-state index contributed by atoms with van der Waals surface area (Å²) in [6.07, 6.45) is -3.10. The largest absolute Gasteiger partial charge is 0.359 e. The molecule has 0 N–H and O–H groups in total. The number of methoxy groups -OCH3 is 2.